The summed E-state index contributed by atoms with van der Waals surface area (Å²) in [6.45, 7) is 2.56. The fourth-order valence-electron chi connectivity index (χ4n) is 3.81. The van der Waals surface area contributed by atoms with Gasteiger partial charge in [-0.05, 0) is 38.0 Å². The van der Waals surface area contributed by atoms with Crippen molar-refractivity contribution in [2.75, 3.05) is 12.4 Å². The second-order valence-corrected chi connectivity index (χ2v) is 9.62. The fourth-order valence-corrected chi connectivity index (χ4v) is 5.35. The molecular weight excluding hydrogens is 484 g/mol. The van der Waals surface area contributed by atoms with Gasteiger partial charge in [0.1, 0.15) is 10.5 Å². The van der Waals surface area contributed by atoms with Crippen LogP contribution < -0.4 is 14.7 Å². The normalized spacial score (nSPS) is 22.4. The number of amides is 1. The fraction of sp³-hybridized carbons (Fsp3) is 0.381. The lowest BCUT2D eigenvalue weighted by atomic mass is 9.85. The Kier molecular flexibility index (Phi) is 7.39. The summed E-state index contributed by atoms with van der Waals surface area (Å²) in [4.78, 5) is 13.1. The standard InChI is InChI=1S/C21H21BF5NO5S/c1-10-4-5-11(8-15(10)33-22(30)31)28-19(29)18-13(9-20(2,34-18)21(25,26)27)12-6-7-14(23)16(24)17(12)32-3/h4-8,13,18,30-31H,9H2,1-3H3,(H,28,29). The lowest BCUT2D eigenvalue weighted by molar-refractivity contribution is -0.155. The molecule has 1 aliphatic heterocycles. The molecule has 3 N–H and O–H groups in total. The second kappa shape index (κ2) is 9.63. The highest BCUT2D eigenvalue weighted by Gasteiger charge is 2.60. The van der Waals surface area contributed by atoms with Crippen LogP contribution in [0, 0.1) is 18.6 Å². The molecule has 0 bridgehead atoms. The van der Waals surface area contributed by atoms with Gasteiger partial charge < -0.3 is 24.8 Å². The van der Waals surface area contributed by atoms with Crippen molar-refractivity contribution in [1.29, 1.82) is 0 Å². The highest BCUT2D eigenvalue weighted by molar-refractivity contribution is 8.02. The number of benzene rings is 2. The molecule has 0 radical (unpaired) electrons. The first-order valence-electron chi connectivity index (χ1n) is 9.98. The molecule has 0 saturated carbocycles. The maximum absolute atomic E-state index is 14.3. The number of ether oxygens (including phenoxy) is 1. The maximum Gasteiger partial charge on any atom is 0.707 e. The predicted molar refractivity (Wildman–Crippen MR) is 117 cm³/mol. The third-order valence-electron chi connectivity index (χ3n) is 5.59. The van der Waals surface area contributed by atoms with E-state index in [1.54, 1.807) is 6.92 Å². The number of halogens is 5. The van der Waals surface area contributed by atoms with Crippen LogP contribution >= 0.6 is 11.8 Å². The van der Waals surface area contributed by atoms with Crippen molar-refractivity contribution in [3.63, 3.8) is 0 Å². The SMILES string of the molecule is COc1c(C2CC(C)(C(F)(F)F)SC2C(=O)Nc2ccc(C)c(OB(O)O)c2)ccc(F)c1F. The Balaban J connectivity index is 1.99. The van der Waals surface area contributed by atoms with Gasteiger partial charge in [-0.15, -0.1) is 11.8 Å². The van der Waals surface area contributed by atoms with Crippen LogP contribution in [-0.2, 0) is 4.79 Å². The van der Waals surface area contributed by atoms with E-state index < -0.39 is 59.1 Å². The Morgan fingerprint density at radius 1 is 1.24 bits per heavy atom. The zero-order chi connectivity index (χ0) is 25.4. The zero-order valence-electron chi connectivity index (χ0n) is 18.2. The third-order valence-corrected chi connectivity index (χ3v) is 7.31. The van der Waals surface area contributed by atoms with Crippen molar-refractivity contribution < 1.29 is 46.2 Å². The average Bonchev–Trinajstić information content (AvgIpc) is 3.11. The van der Waals surface area contributed by atoms with Crippen LogP contribution in [0.4, 0.5) is 27.6 Å². The first-order chi connectivity index (χ1) is 15.8. The van der Waals surface area contributed by atoms with Gasteiger partial charge in [0.25, 0.3) is 0 Å². The van der Waals surface area contributed by atoms with E-state index >= 15 is 0 Å². The minimum Gasteiger partial charge on any atom is -0.512 e. The van der Waals surface area contributed by atoms with E-state index in [1.807, 2.05) is 0 Å². The number of anilines is 1. The molecule has 0 spiro atoms. The number of methoxy groups -OCH3 is 1. The monoisotopic (exact) mass is 505 g/mol. The number of thioether (sulfide) groups is 1. The molecule has 1 heterocycles. The van der Waals surface area contributed by atoms with Gasteiger partial charge in [0, 0.05) is 23.2 Å². The minimum absolute atomic E-state index is 0.0332. The molecule has 3 unspecified atom stereocenters. The lowest BCUT2D eigenvalue weighted by Gasteiger charge is -2.26. The Morgan fingerprint density at radius 2 is 1.91 bits per heavy atom. The Morgan fingerprint density at radius 3 is 2.50 bits per heavy atom. The van der Waals surface area contributed by atoms with Crippen molar-refractivity contribution in [3.8, 4) is 11.5 Å². The van der Waals surface area contributed by atoms with Gasteiger partial charge in [-0.25, -0.2) is 4.39 Å². The number of aryl methyl sites for hydroxylation is 1. The van der Waals surface area contributed by atoms with Crippen molar-refractivity contribution in [1.82, 2.24) is 0 Å². The van der Waals surface area contributed by atoms with Gasteiger partial charge in [-0.1, -0.05) is 12.1 Å². The zero-order valence-corrected chi connectivity index (χ0v) is 19.1. The summed E-state index contributed by atoms with van der Waals surface area (Å²) in [6, 6.07) is 6.14. The van der Waals surface area contributed by atoms with E-state index in [0.29, 0.717) is 17.3 Å². The summed E-state index contributed by atoms with van der Waals surface area (Å²) < 4.78 is 77.0. The number of nitrogens with one attached hydrogen (secondary N) is 1. The predicted octanol–water partition coefficient (Wildman–Crippen LogP) is 4.18. The van der Waals surface area contributed by atoms with Crippen LogP contribution in [0.5, 0.6) is 11.5 Å². The van der Waals surface area contributed by atoms with Crippen LogP contribution in [0.15, 0.2) is 30.3 Å². The first-order valence-corrected chi connectivity index (χ1v) is 10.9. The molecule has 1 aliphatic rings. The highest BCUT2D eigenvalue weighted by atomic mass is 32.2. The van der Waals surface area contributed by atoms with E-state index in [0.717, 1.165) is 26.2 Å². The summed E-state index contributed by atoms with van der Waals surface area (Å²) in [6.07, 6.45) is -5.25. The maximum atomic E-state index is 14.3. The van der Waals surface area contributed by atoms with Gasteiger partial charge in [0.05, 0.1) is 12.4 Å². The van der Waals surface area contributed by atoms with E-state index in [9.17, 15) is 26.7 Å². The molecule has 184 valence electrons. The summed E-state index contributed by atoms with van der Waals surface area (Å²) in [5.74, 6) is -5.07. The minimum atomic E-state index is -4.68. The molecule has 6 nitrogen and oxygen atoms in total. The lowest BCUT2D eigenvalue weighted by Crippen LogP contribution is -2.37. The molecular formula is C21H21BF5NO5S. The second-order valence-electron chi connectivity index (χ2n) is 7.98. The molecule has 34 heavy (non-hydrogen) atoms. The summed E-state index contributed by atoms with van der Waals surface area (Å²) in [7, 11) is -1.06. The molecule has 13 heteroatoms. The Bertz CT molecular complexity index is 1090. The molecule has 1 saturated heterocycles. The molecule has 0 aromatic heterocycles. The van der Waals surface area contributed by atoms with E-state index in [1.165, 1.54) is 18.2 Å². The molecule has 2 aromatic carbocycles. The molecule has 1 amide bonds. The van der Waals surface area contributed by atoms with Crippen molar-refractivity contribution in [2.45, 2.75) is 42.4 Å². The smallest absolute Gasteiger partial charge is 0.512 e. The van der Waals surface area contributed by atoms with Gasteiger partial charge >= 0.3 is 13.5 Å². The molecule has 1 fully saturated rings. The number of carbonyl (C=O) groups excluding carboxylic acids is 1. The van der Waals surface area contributed by atoms with Crippen LogP contribution in [0.2, 0.25) is 0 Å². The first kappa shape index (κ1) is 26.1. The summed E-state index contributed by atoms with van der Waals surface area (Å²) >= 11 is 0.377. The summed E-state index contributed by atoms with van der Waals surface area (Å²) in [5.41, 5.74) is 0.581. The molecule has 3 atom stereocenters. The van der Waals surface area contributed by atoms with Crippen molar-refractivity contribution >= 4 is 30.7 Å². The van der Waals surface area contributed by atoms with Gasteiger partial charge in [0.15, 0.2) is 11.6 Å². The quantitative estimate of drug-likeness (QED) is 0.404. The molecule has 0 aliphatic carbocycles. The Labute approximate surface area is 196 Å². The molecule has 2 aromatic rings. The van der Waals surface area contributed by atoms with Crippen molar-refractivity contribution in [3.05, 3.63) is 53.1 Å². The third kappa shape index (κ3) is 5.10. The number of carbonyl (C=O) groups is 1. The van der Waals surface area contributed by atoms with Crippen molar-refractivity contribution in [2.24, 2.45) is 0 Å². The largest absolute Gasteiger partial charge is 0.707 e. The van der Waals surface area contributed by atoms with E-state index in [4.69, 9.17) is 19.4 Å². The molecule has 3 rings (SSSR count). The number of hydrogen-bond donors (Lipinski definition) is 3. The highest BCUT2D eigenvalue weighted by Crippen LogP contribution is 2.59. The number of rotatable bonds is 6. The van der Waals surface area contributed by atoms with Crippen LogP contribution in [0.1, 0.15) is 30.4 Å². The summed E-state index contributed by atoms with van der Waals surface area (Å²) in [5, 5.41) is 19.2. The van der Waals surface area contributed by atoms with Crippen LogP contribution in [0.25, 0.3) is 0 Å². The number of hydrogen-bond acceptors (Lipinski definition) is 6. The number of alkyl halides is 3. The van der Waals surface area contributed by atoms with Crippen LogP contribution in [-0.4, -0.2) is 46.6 Å². The van der Waals surface area contributed by atoms with E-state index in [2.05, 4.69) is 5.32 Å². The van der Waals surface area contributed by atoms with Gasteiger partial charge in [0.2, 0.25) is 11.7 Å². The average molecular weight is 505 g/mol. The van der Waals surface area contributed by atoms with Gasteiger partial charge in [-0.3, -0.25) is 4.79 Å². The van der Waals surface area contributed by atoms with Crippen LogP contribution in [0.3, 0.4) is 0 Å². The Hall–Kier alpha value is -2.51. The van der Waals surface area contributed by atoms with Gasteiger partial charge in [-0.2, -0.15) is 17.6 Å². The van der Waals surface area contributed by atoms with E-state index in [-0.39, 0.29) is 17.0 Å². The topological polar surface area (TPSA) is 88.0 Å².